The lowest BCUT2D eigenvalue weighted by Crippen LogP contribution is -2.40. The van der Waals surface area contributed by atoms with Crippen LogP contribution in [0.25, 0.3) is 0 Å². The Labute approximate surface area is 151 Å². The van der Waals surface area contributed by atoms with Crippen molar-refractivity contribution in [1.82, 2.24) is 0 Å². The van der Waals surface area contributed by atoms with E-state index < -0.39 is 21.3 Å². The predicted octanol–water partition coefficient (Wildman–Crippen LogP) is 2.66. The number of esters is 1. The summed E-state index contributed by atoms with van der Waals surface area (Å²) in [5.41, 5.74) is 1.00. The quantitative estimate of drug-likeness (QED) is 0.430. The minimum atomic E-state index is -5.97. The van der Waals surface area contributed by atoms with Gasteiger partial charge in [0.25, 0.3) is 0 Å². The summed E-state index contributed by atoms with van der Waals surface area (Å²) >= 11 is 0. The lowest BCUT2D eigenvalue weighted by atomic mass is 9.84. The molecular formula is C16H22F2O7S. The van der Waals surface area contributed by atoms with E-state index in [1.54, 1.807) is 12.1 Å². The van der Waals surface area contributed by atoms with Gasteiger partial charge in [0, 0.05) is 25.3 Å². The van der Waals surface area contributed by atoms with Gasteiger partial charge < -0.3 is 14.2 Å². The van der Waals surface area contributed by atoms with E-state index >= 15 is 0 Å². The molecule has 0 bridgehead atoms. The van der Waals surface area contributed by atoms with Crippen molar-refractivity contribution < 1.29 is 40.8 Å². The number of ether oxygens (including phenoxy) is 3. The molecule has 7 nitrogen and oxygen atoms in total. The van der Waals surface area contributed by atoms with E-state index in [1.165, 1.54) is 14.2 Å². The molecule has 0 aliphatic rings. The highest BCUT2D eigenvalue weighted by molar-refractivity contribution is 7.87. The van der Waals surface area contributed by atoms with Crippen LogP contribution in [-0.4, -0.2) is 38.4 Å². The summed E-state index contributed by atoms with van der Waals surface area (Å²) in [7, 11) is -3.26. The van der Waals surface area contributed by atoms with Crippen LogP contribution in [0, 0.1) is 0 Å². The largest absolute Gasteiger partial charge is 0.466 e. The van der Waals surface area contributed by atoms with Gasteiger partial charge in [-0.2, -0.15) is 17.2 Å². The molecule has 0 fully saturated rings. The molecule has 26 heavy (non-hydrogen) atoms. The molecule has 1 aromatic carbocycles. The van der Waals surface area contributed by atoms with Crippen LogP contribution in [-0.2, 0) is 43.0 Å². The fourth-order valence-electron chi connectivity index (χ4n) is 2.10. The van der Waals surface area contributed by atoms with Gasteiger partial charge in [-0.3, -0.25) is 4.55 Å². The maximum atomic E-state index is 13.5. The summed E-state index contributed by atoms with van der Waals surface area (Å²) in [6, 6.07) is 3.22. The molecule has 0 saturated carbocycles. The number of alkyl halides is 2. The Morgan fingerprint density at radius 2 is 1.50 bits per heavy atom. The van der Waals surface area contributed by atoms with Crippen LogP contribution in [0.4, 0.5) is 8.78 Å². The van der Waals surface area contributed by atoms with E-state index in [-0.39, 0.29) is 35.5 Å². The van der Waals surface area contributed by atoms with E-state index in [0.29, 0.717) is 0 Å². The normalized spacial score (nSPS) is 12.9. The standard InChI is InChI=1S/C16H22F2O7S/c1-15(2,3)12-6-10(8-23-4)13(11(7-12)9-24-5)25-14(19)16(17,18)26(20,21)22/h6-7H,8-9H2,1-5H3,(H,20,21,22). The van der Waals surface area contributed by atoms with Crippen molar-refractivity contribution in [3.05, 3.63) is 28.8 Å². The summed E-state index contributed by atoms with van der Waals surface area (Å²) in [6.45, 7) is 5.61. The summed E-state index contributed by atoms with van der Waals surface area (Å²) < 4.78 is 71.8. The van der Waals surface area contributed by atoms with E-state index in [4.69, 9.17) is 14.0 Å². The van der Waals surface area contributed by atoms with Crippen LogP contribution in [0.2, 0.25) is 0 Å². The molecule has 0 spiro atoms. The number of rotatable bonds is 7. The van der Waals surface area contributed by atoms with Gasteiger partial charge >= 0.3 is 21.3 Å². The van der Waals surface area contributed by atoms with Crippen molar-refractivity contribution in [2.45, 2.75) is 44.7 Å². The van der Waals surface area contributed by atoms with Crippen LogP contribution < -0.4 is 4.74 Å². The topological polar surface area (TPSA) is 99.1 Å². The third-order valence-electron chi connectivity index (χ3n) is 3.46. The molecule has 1 N–H and O–H groups in total. The molecular weight excluding hydrogens is 374 g/mol. The van der Waals surface area contributed by atoms with Gasteiger partial charge in [0.15, 0.2) is 0 Å². The minimum Gasteiger partial charge on any atom is -0.420 e. The second-order valence-electron chi connectivity index (χ2n) is 6.62. The van der Waals surface area contributed by atoms with Crippen molar-refractivity contribution in [2.24, 2.45) is 0 Å². The first-order valence-corrected chi connectivity index (χ1v) is 8.91. The Bertz CT molecular complexity index is 740. The third kappa shape index (κ3) is 4.97. The molecule has 1 aromatic rings. The van der Waals surface area contributed by atoms with E-state index in [0.717, 1.165) is 5.56 Å². The van der Waals surface area contributed by atoms with E-state index in [9.17, 15) is 22.0 Å². The van der Waals surface area contributed by atoms with Crippen LogP contribution in [0.1, 0.15) is 37.5 Å². The molecule has 0 heterocycles. The van der Waals surface area contributed by atoms with Crippen LogP contribution >= 0.6 is 0 Å². The molecule has 148 valence electrons. The summed E-state index contributed by atoms with van der Waals surface area (Å²) in [4.78, 5) is 11.7. The Kier molecular flexibility index (Phi) is 6.86. The van der Waals surface area contributed by atoms with Crippen molar-refractivity contribution in [1.29, 1.82) is 0 Å². The van der Waals surface area contributed by atoms with Gasteiger partial charge in [-0.05, 0) is 23.1 Å². The first kappa shape index (κ1) is 22.4. The first-order valence-electron chi connectivity index (χ1n) is 7.47. The zero-order valence-electron chi connectivity index (χ0n) is 15.1. The van der Waals surface area contributed by atoms with Crippen molar-refractivity contribution in [2.75, 3.05) is 14.2 Å². The second kappa shape index (κ2) is 7.95. The third-order valence-corrected chi connectivity index (χ3v) is 4.28. The minimum absolute atomic E-state index is 0.0826. The second-order valence-corrected chi connectivity index (χ2v) is 8.08. The summed E-state index contributed by atoms with van der Waals surface area (Å²) in [5, 5.41) is -5.11. The fraction of sp³-hybridized carbons (Fsp3) is 0.562. The fourth-order valence-corrected chi connectivity index (χ4v) is 2.35. The molecule has 0 aromatic heterocycles. The molecule has 0 atom stereocenters. The summed E-state index contributed by atoms with van der Waals surface area (Å²) in [6.07, 6.45) is 0. The Hall–Kier alpha value is -1.62. The monoisotopic (exact) mass is 396 g/mol. The van der Waals surface area contributed by atoms with Gasteiger partial charge in [0.2, 0.25) is 0 Å². The van der Waals surface area contributed by atoms with Crippen molar-refractivity contribution in [3.8, 4) is 5.75 Å². The van der Waals surface area contributed by atoms with Crippen molar-refractivity contribution in [3.63, 3.8) is 0 Å². The number of hydrogen-bond donors (Lipinski definition) is 1. The smallest absolute Gasteiger partial charge is 0.420 e. The van der Waals surface area contributed by atoms with Crippen LogP contribution in [0.5, 0.6) is 5.75 Å². The van der Waals surface area contributed by atoms with Gasteiger partial charge in [0.1, 0.15) is 5.75 Å². The molecule has 10 heteroatoms. The first-order chi connectivity index (χ1) is 11.8. The van der Waals surface area contributed by atoms with Crippen LogP contribution in [0.3, 0.4) is 0 Å². The summed E-state index contributed by atoms with van der Waals surface area (Å²) in [5.74, 6) is -2.71. The highest BCUT2D eigenvalue weighted by Crippen LogP contribution is 2.34. The molecule has 0 amide bonds. The van der Waals surface area contributed by atoms with E-state index in [1.807, 2.05) is 20.8 Å². The van der Waals surface area contributed by atoms with Gasteiger partial charge in [0.05, 0.1) is 13.2 Å². The lowest BCUT2D eigenvalue weighted by Gasteiger charge is -2.24. The van der Waals surface area contributed by atoms with Gasteiger partial charge in [-0.25, -0.2) is 4.79 Å². The number of halogens is 2. The predicted molar refractivity (Wildman–Crippen MR) is 88.7 cm³/mol. The van der Waals surface area contributed by atoms with E-state index in [2.05, 4.69) is 4.74 Å². The molecule has 0 unspecified atom stereocenters. The maximum absolute atomic E-state index is 13.5. The SMILES string of the molecule is COCc1cc(C(C)(C)C)cc(COC)c1OC(=O)C(F)(F)S(=O)(=O)O. The molecule has 0 radical (unpaired) electrons. The average Bonchev–Trinajstić information content (AvgIpc) is 2.48. The maximum Gasteiger partial charge on any atom is 0.466 e. The molecule has 0 aliphatic heterocycles. The average molecular weight is 396 g/mol. The number of carbonyl (C=O) groups is 1. The highest BCUT2D eigenvalue weighted by atomic mass is 32.2. The Morgan fingerprint density at radius 3 is 1.81 bits per heavy atom. The number of carbonyl (C=O) groups excluding carboxylic acids is 1. The molecule has 0 aliphatic carbocycles. The molecule has 0 saturated heterocycles. The van der Waals surface area contributed by atoms with Gasteiger partial charge in [-0.1, -0.05) is 20.8 Å². The highest BCUT2D eigenvalue weighted by Gasteiger charge is 2.54. The Balaban J connectivity index is 3.50. The lowest BCUT2D eigenvalue weighted by molar-refractivity contribution is -0.151. The van der Waals surface area contributed by atoms with Gasteiger partial charge in [-0.15, -0.1) is 0 Å². The zero-order chi connectivity index (χ0) is 20.3. The van der Waals surface area contributed by atoms with Crippen LogP contribution in [0.15, 0.2) is 12.1 Å². The molecule has 1 rings (SSSR count). The number of hydrogen-bond acceptors (Lipinski definition) is 6. The number of benzene rings is 1. The number of methoxy groups -OCH3 is 2. The Morgan fingerprint density at radius 1 is 1.08 bits per heavy atom. The zero-order valence-corrected chi connectivity index (χ0v) is 15.9. The van der Waals surface area contributed by atoms with Crippen molar-refractivity contribution >= 4 is 16.1 Å².